The second-order valence-corrected chi connectivity index (χ2v) is 4.18. The molecule has 0 aromatic heterocycles. The van der Waals surface area contributed by atoms with Crippen LogP contribution in [0.25, 0.3) is 0 Å². The Hall–Kier alpha value is -1.11. The van der Waals surface area contributed by atoms with E-state index in [-0.39, 0.29) is 0 Å². The summed E-state index contributed by atoms with van der Waals surface area (Å²) in [5.74, 6) is 0.727. The largest absolute Gasteiger partial charge is 0.303 e. The van der Waals surface area contributed by atoms with E-state index in [0.717, 1.165) is 18.6 Å². The van der Waals surface area contributed by atoms with Crippen molar-refractivity contribution in [2.24, 2.45) is 0 Å². The Morgan fingerprint density at radius 3 is 3.14 bits per heavy atom. The Balaban J connectivity index is 2.19. The third-order valence-electron chi connectivity index (χ3n) is 3.14. The normalized spacial score (nSPS) is 19.4. The van der Waals surface area contributed by atoms with Crippen LogP contribution in [0.15, 0.2) is 18.2 Å². The molecule has 0 aliphatic heterocycles. The highest BCUT2D eigenvalue weighted by Crippen LogP contribution is 2.32. The molecule has 0 N–H and O–H groups in total. The van der Waals surface area contributed by atoms with Crippen molar-refractivity contribution in [1.82, 2.24) is 0 Å². The van der Waals surface area contributed by atoms with Gasteiger partial charge in [0.2, 0.25) is 0 Å². The second kappa shape index (κ2) is 3.95. The molecule has 0 radical (unpaired) electrons. The van der Waals surface area contributed by atoms with Gasteiger partial charge < -0.3 is 4.79 Å². The average Bonchev–Trinajstić information content (AvgIpc) is 2.57. The van der Waals surface area contributed by atoms with Gasteiger partial charge in [-0.1, -0.05) is 25.1 Å². The number of aryl methyl sites for hydroxylation is 2. The summed E-state index contributed by atoms with van der Waals surface area (Å²) in [5, 5.41) is 0. The molecule has 1 unspecified atom stereocenters. The molecule has 74 valence electrons. The first-order chi connectivity index (χ1) is 6.81. The minimum absolute atomic E-state index is 0.647. The number of carbonyl (C=O) groups excluding carboxylic acids is 1. The van der Waals surface area contributed by atoms with Gasteiger partial charge in [0.25, 0.3) is 0 Å². The molecule has 1 aliphatic carbocycles. The number of hydrogen-bond acceptors (Lipinski definition) is 1. The fourth-order valence-electron chi connectivity index (χ4n) is 2.26. The maximum atomic E-state index is 10.3. The molecule has 0 heterocycles. The van der Waals surface area contributed by atoms with Crippen LogP contribution in [0.3, 0.4) is 0 Å². The van der Waals surface area contributed by atoms with Gasteiger partial charge in [-0.25, -0.2) is 0 Å². The fraction of sp³-hybridized carbons (Fsp3) is 0.462. The zero-order chi connectivity index (χ0) is 9.97. The van der Waals surface area contributed by atoms with Crippen molar-refractivity contribution in [3.8, 4) is 0 Å². The molecule has 0 saturated heterocycles. The predicted molar refractivity (Wildman–Crippen MR) is 57.6 cm³/mol. The van der Waals surface area contributed by atoms with Crippen molar-refractivity contribution in [3.05, 3.63) is 34.9 Å². The first-order valence-electron chi connectivity index (χ1n) is 5.36. The zero-order valence-electron chi connectivity index (χ0n) is 8.62. The summed E-state index contributed by atoms with van der Waals surface area (Å²) < 4.78 is 0. The van der Waals surface area contributed by atoms with E-state index in [9.17, 15) is 4.79 Å². The van der Waals surface area contributed by atoms with Gasteiger partial charge >= 0.3 is 0 Å². The molecule has 1 atom stereocenters. The summed E-state index contributed by atoms with van der Waals surface area (Å²) in [6.45, 7) is 2.29. The number of carbonyl (C=O) groups is 1. The van der Waals surface area contributed by atoms with Crippen LogP contribution in [0.4, 0.5) is 0 Å². The molecule has 0 fully saturated rings. The van der Waals surface area contributed by atoms with E-state index in [1.807, 2.05) is 0 Å². The van der Waals surface area contributed by atoms with Gasteiger partial charge in [0, 0.05) is 6.42 Å². The molecule has 0 spiro atoms. The Morgan fingerprint density at radius 2 is 2.36 bits per heavy atom. The monoisotopic (exact) mass is 188 g/mol. The molecular formula is C13H16O. The minimum Gasteiger partial charge on any atom is -0.303 e. The van der Waals surface area contributed by atoms with Gasteiger partial charge in [0.1, 0.15) is 6.29 Å². The van der Waals surface area contributed by atoms with Crippen molar-refractivity contribution in [2.75, 3.05) is 0 Å². The summed E-state index contributed by atoms with van der Waals surface area (Å²) in [6, 6.07) is 6.69. The number of aldehydes is 1. The number of hydrogen-bond donors (Lipinski definition) is 0. The van der Waals surface area contributed by atoms with Crippen molar-refractivity contribution in [3.63, 3.8) is 0 Å². The highest BCUT2D eigenvalue weighted by atomic mass is 16.1. The van der Waals surface area contributed by atoms with Crippen LogP contribution in [0.1, 0.15) is 42.4 Å². The molecule has 1 aliphatic rings. The Morgan fingerprint density at radius 1 is 1.50 bits per heavy atom. The van der Waals surface area contributed by atoms with Gasteiger partial charge in [0.15, 0.2) is 0 Å². The molecule has 14 heavy (non-hydrogen) atoms. The van der Waals surface area contributed by atoms with Crippen LogP contribution in [-0.2, 0) is 17.6 Å². The molecule has 1 aromatic rings. The summed E-state index contributed by atoms with van der Waals surface area (Å²) in [5.41, 5.74) is 4.32. The summed E-state index contributed by atoms with van der Waals surface area (Å²) in [4.78, 5) is 10.3. The Kier molecular flexibility index (Phi) is 2.67. The van der Waals surface area contributed by atoms with Crippen LogP contribution < -0.4 is 0 Å². The predicted octanol–water partition coefficient (Wildman–Crippen LogP) is 2.87. The number of benzene rings is 1. The number of rotatable bonds is 3. The lowest BCUT2D eigenvalue weighted by Gasteiger charge is -2.05. The standard InChI is InChI=1S/C13H16O/c1-10-4-6-12-9-11(3-2-8-14)5-7-13(10)12/h5,7-10H,2-4,6H2,1H3. The lowest BCUT2D eigenvalue weighted by atomic mass is 10.00. The van der Waals surface area contributed by atoms with Crippen molar-refractivity contribution < 1.29 is 4.79 Å². The van der Waals surface area contributed by atoms with Gasteiger partial charge in [-0.3, -0.25) is 0 Å². The van der Waals surface area contributed by atoms with E-state index in [1.54, 1.807) is 0 Å². The lowest BCUT2D eigenvalue weighted by Crippen LogP contribution is -1.91. The third kappa shape index (κ3) is 1.72. The van der Waals surface area contributed by atoms with Crippen LogP contribution >= 0.6 is 0 Å². The minimum atomic E-state index is 0.647. The van der Waals surface area contributed by atoms with E-state index in [2.05, 4.69) is 25.1 Å². The summed E-state index contributed by atoms with van der Waals surface area (Å²) in [7, 11) is 0. The van der Waals surface area contributed by atoms with Gasteiger partial charge in [-0.2, -0.15) is 0 Å². The topological polar surface area (TPSA) is 17.1 Å². The van der Waals surface area contributed by atoms with Gasteiger partial charge in [0.05, 0.1) is 0 Å². The molecule has 1 nitrogen and oxygen atoms in total. The molecule has 2 rings (SSSR count). The van der Waals surface area contributed by atoms with E-state index >= 15 is 0 Å². The first kappa shape index (κ1) is 9.45. The van der Waals surface area contributed by atoms with E-state index in [4.69, 9.17) is 0 Å². The lowest BCUT2D eigenvalue weighted by molar-refractivity contribution is -0.107. The molecular weight excluding hydrogens is 172 g/mol. The van der Waals surface area contributed by atoms with Gasteiger partial charge in [-0.05, 0) is 41.9 Å². The highest BCUT2D eigenvalue weighted by Gasteiger charge is 2.17. The SMILES string of the molecule is CC1CCc2cc(CCC=O)ccc21. The average molecular weight is 188 g/mol. The molecule has 1 aromatic carbocycles. The maximum Gasteiger partial charge on any atom is 0.120 e. The Labute approximate surface area is 85.1 Å². The maximum absolute atomic E-state index is 10.3. The first-order valence-corrected chi connectivity index (χ1v) is 5.36. The Bertz CT molecular complexity index is 341. The van der Waals surface area contributed by atoms with Crippen molar-refractivity contribution in [2.45, 2.75) is 38.5 Å². The van der Waals surface area contributed by atoms with Crippen molar-refractivity contribution in [1.29, 1.82) is 0 Å². The summed E-state index contributed by atoms with van der Waals surface area (Å²) in [6.07, 6.45) is 5.03. The van der Waals surface area contributed by atoms with Crippen LogP contribution in [0, 0.1) is 0 Å². The van der Waals surface area contributed by atoms with Crippen LogP contribution in [-0.4, -0.2) is 6.29 Å². The molecule has 0 bridgehead atoms. The van der Waals surface area contributed by atoms with Crippen LogP contribution in [0.2, 0.25) is 0 Å². The van der Waals surface area contributed by atoms with E-state index in [1.165, 1.54) is 29.5 Å². The second-order valence-electron chi connectivity index (χ2n) is 4.18. The quantitative estimate of drug-likeness (QED) is 0.667. The molecule has 1 heteroatoms. The van der Waals surface area contributed by atoms with Crippen LogP contribution in [0.5, 0.6) is 0 Å². The third-order valence-corrected chi connectivity index (χ3v) is 3.14. The van der Waals surface area contributed by atoms with E-state index in [0.29, 0.717) is 6.42 Å². The fourth-order valence-corrected chi connectivity index (χ4v) is 2.26. The van der Waals surface area contributed by atoms with Crippen molar-refractivity contribution >= 4 is 6.29 Å². The van der Waals surface area contributed by atoms with Gasteiger partial charge in [-0.15, -0.1) is 0 Å². The molecule has 0 saturated carbocycles. The zero-order valence-corrected chi connectivity index (χ0v) is 8.62. The highest BCUT2D eigenvalue weighted by molar-refractivity contribution is 5.50. The number of fused-ring (bicyclic) bond motifs is 1. The summed E-state index contributed by atoms with van der Waals surface area (Å²) >= 11 is 0. The smallest absolute Gasteiger partial charge is 0.120 e. The molecule has 0 amide bonds. The van der Waals surface area contributed by atoms with E-state index < -0.39 is 0 Å².